The van der Waals surface area contributed by atoms with Crippen LogP contribution in [-0.2, 0) is 0 Å². The van der Waals surface area contributed by atoms with Gasteiger partial charge in [-0.15, -0.1) is 11.3 Å². The molecule has 0 amide bonds. The minimum absolute atomic E-state index is 0.784. The van der Waals surface area contributed by atoms with Crippen molar-refractivity contribution in [3.05, 3.63) is 22.7 Å². The number of nitrogens with one attached hydrogen (secondary N) is 1. The lowest BCUT2D eigenvalue weighted by atomic mass is 10.0. The van der Waals surface area contributed by atoms with Crippen molar-refractivity contribution in [3.63, 3.8) is 0 Å². The van der Waals surface area contributed by atoms with Gasteiger partial charge in [-0.3, -0.25) is 0 Å². The minimum Gasteiger partial charge on any atom is -0.382 e. The van der Waals surface area contributed by atoms with E-state index in [1.807, 2.05) is 17.6 Å². The van der Waals surface area contributed by atoms with E-state index < -0.39 is 0 Å². The van der Waals surface area contributed by atoms with Gasteiger partial charge in [-0.2, -0.15) is 0 Å². The molecule has 2 aromatic rings. The fourth-order valence-corrected chi connectivity index (χ4v) is 3.79. The summed E-state index contributed by atoms with van der Waals surface area (Å²) in [5, 5.41) is 4.34. The molecule has 4 heteroatoms. The van der Waals surface area contributed by atoms with Crippen LogP contribution in [0, 0.1) is 5.92 Å². The molecule has 0 saturated heterocycles. The highest BCUT2D eigenvalue weighted by Gasteiger charge is 2.14. The van der Waals surface area contributed by atoms with Crippen LogP contribution in [0.1, 0.15) is 38.5 Å². The number of fused-ring (bicyclic) bond motifs is 1. The Morgan fingerprint density at radius 2 is 2.00 bits per heavy atom. The third-order valence-corrected chi connectivity index (χ3v) is 5.10. The number of halogens is 1. The smallest absolute Gasteiger partial charge is 0.106 e. The molecule has 1 saturated carbocycles. The third-order valence-electron chi connectivity index (χ3n) is 3.99. The van der Waals surface area contributed by atoms with Crippen molar-refractivity contribution in [2.75, 3.05) is 11.9 Å². The summed E-state index contributed by atoms with van der Waals surface area (Å²) in [4.78, 5) is 4.43. The quantitative estimate of drug-likeness (QED) is 0.774. The topological polar surface area (TPSA) is 24.9 Å². The van der Waals surface area contributed by atoms with Crippen molar-refractivity contribution in [2.45, 2.75) is 38.5 Å². The largest absolute Gasteiger partial charge is 0.382 e. The Morgan fingerprint density at radius 3 is 2.79 bits per heavy atom. The Bertz CT molecular complexity index is 544. The molecule has 1 heterocycles. The fraction of sp³-hybridized carbons (Fsp3) is 0.533. The van der Waals surface area contributed by atoms with E-state index in [2.05, 4.69) is 10.3 Å². The molecule has 2 nitrogen and oxygen atoms in total. The van der Waals surface area contributed by atoms with E-state index in [1.165, 1.54) is 43.2 Å². The number of nitrogens with zero attached hydrogens (tertiary/aromatic N) is 1. The summed E-state index contributed by atoms with van der Waals surface area (Å²) >= 11 is 7.98. The van der Waals surface area contributed by atoms with E-state index in [4.69, 9.17) is 11.6 Å². The summed E-state index contributed by atoms with van der Waals surface area (Å²) in [5.74, 6) is 0.785. The van der Waals surface area contributed by atoms with Gasteiger partial charge in [0.15, 0.2) is 0 Å². The summed E-state index contributed by atoms with van der Waals surface area (Å²) in [6.45, 7) is 1.02. The summed E-state index contributed by atoms with van der Waals surface area (Å²) < 4.78 is 1.20. The van der Waals surface area contributed by atoms with Crippen LogP contribution < -0.4 is 5.32 Å². The maximum Gasteiger partial charge on any atom is 0.106 e. The van der Waals surface area contributed by atoms with Crippen LogP contribution in [0.4, 0.5) is 5.69 Å². The Kier molecular flexibility index (Phi) is 4.24. The van der Waals surface area contributed by atoms with E-state index >= 15 is 0 Å². The second-order valence-corrected chi connectivity index (χ2v) is 6.65. The van der Waals surface area contributed by atoms with E-state index in [-0.39, 0.29) is 0 Å². The van der Waals surface area contributed by atoms with Gasteiger partial charge in [0.2, 0.25) is 0 Å². The van der Waals surface area contributed by atoms with Crippen LogP contribution in [0.3, 0.4) is 0 Å². The predicted molar refractivity (Wildman–Crippen MR) is 84.3 cm³/mol. The van der Waals surface area contributed by atoms with Crippen LogP contribution in [0.15, 0.2) is 17.6 Å². The third kappa shape index (κ3) is 3.03. The van der Waals surface area contributed by atoms with Gasteiger partial charge >= 0.3 is 0 Å². The average Bonchev–Trinajstić information content (AvgIpc) is 2.73. The lowest BCUT2D eigenvalue weighted by Crippen LogP contribution is -2.14. The molecule has 19 heavy (non-hydrogen) atoms. The fourth-order valence-electron chi connectivity index (χ4n) is 2.89. The number of benzene rings is 1. The maximum absolute atomic E-state index is 6.31. The van der Waals surface area contributed by atoms with E-state index in [0.717, 1.165) is 28.7 Å². The van der Waals surface area contributed by atoms with E-state index in [9.17, 15) is 0 Å². The van der Waals surface area contributed by atoms with Gasteiger partial charge < -0.3 is 5.32 Å². The lowest BCUT2D eigenvalue weighted by molar-refractivity contribution is 0.483. The zero-order valence-corrected chi connectivity index (χ0v) is 12.6. The molecule has 1 fully saturated rings. The van der Waals surface area contributed by atoms with Crippen LogP contribution in [-0.4, -0.2) is 11.5 Å². The SMILES string of the molecule is Clc1ccc2scnc2c1NCC1CCCCCC1. The van der Waals surface area contributed by atoms with Crippen LogP contribution in [0.25, 0.3) is 10.2 Å². The monoisotopic (exact) mass is 294 g/mol. The molecule has 1 N–H and O–H groups in total. The average molecular weight is 295 g/mol. The molecular weight excluding hydrogens is 276 g/mol. The highest BCUT2D eigenvalue weighted by molar-refractivity contribution is 7.16. The van der Waals surface area contributed by atoms with Gasteiger partial charge in [-0.1, -0.05) is 37.3 Å². The highest BCUT2D eigenvalue weighted by atomic mass is 35.5. The first-order valence-electron chi connectivity index (χ1n) is 7.10. The van der Waals surface area contributed by atoms with Gasteiger partial charge in [-0.25, -0.2) is 4.98 Å². The van der Waals surface area contributed by atoms with Gasteiger partial charge in [0.05, 0.1) is 20.9 Å². The molecular formula is C15H19ClN2S. The minimum atomic E-state index is 0.784. The molecule has 102 valence electrons. The first kappa shape index (κ1) is 13.2. The van der Waals surface area contributed by atoms with Crippen LogP contribution >= 0.6 is 22.9 Å². The maximum atomic E-state index is 6.31. The number of hydrogen-bond acceptors (Lipinski definition) is 3. The van der Waals surface area contributed by atoms with Gasteiger partial charge in [-0.05, 0) is 30.9 Å². The van der Waals surface area contributed by atoms with Crippen molar-refractivity contribution in [2.24, 2.45) is 5.92 Å². The summed E-state index contributed by atoms with van der Waals surface area (Å²) in [6.07, 6.45) is 8.25. The van der Waals surface area contributed by atoms with Crippen molar-refractivity contribution in [3.8, 4) is 0 Å². The summed E-state index contributed by atoms with van der Waals surface area (Å²) in [6, 6.07) is 4.02. The van der Waals surface area contributed by atoms with Crippen molar-refractivity contribution >= 4 is 38.8 Å². The van der Waals surface area contributed by atoms with Gasteiger partial charge in [0.25, 0.3) is 0 Å². The van der Waals surface area contributed by atoms with E-state index in [1.54, 1.807) is 11.3 Å². The Hall–Kier alpha value is -0.800. The molecule has 0 atom stereocenters. The number of hydrogen-bond donors (Lipinski definition) is 1. The molecule has 0 bridgehead atoms. The normalized spacial score (nSPS) is 17.5. The molecule has 1 aromatic heterocycles. The molecule has 1 aliphatic rings. The molecule has 0 radical (unpaired) electrons. The standard InChI is InChI=1S/C15H19ClN2S/c16-12-7-8-13-15(18-10-19-13)14(12)17-9-11-5-3-1-2-4-6-11/h7-8,10-11,17H,1-6,9H2. The molecule has 1 aromatic carbocycles. The molecule has 1 aliphatic carbocycles. The van der Waals surface area contributed by atoms with Crippen molar-refractivity contribution in [1.29, 1.82) is 0 Å². The zero-order valence-electron chi connectivity index (χ0n) is 11.0. The predicted octanol–water partition coefficient (Wildman–Crippen LogP) is 5.33. The van der Waals surface area contributed by atoms with Crippen molar-refractivity contribution in [1.82, 2.24) is 4.98 Å². The molecule has 0 unspecified atom stereocenters. The molecule has 3 rings (SSSR count). The number of anilines is 1. The first-order chi connectivity index (χ1) is 9.34. The van der Waals surface area contributed by atoms with Gasteiger partial charge in [0.1, 0.15) is 5.52 Å². The summed E-state index contributed by atoms with van der Waals surface area (Å²) in [5.41, 5.74) is 3.92. The molecule has 0 spiro atoms. The molecule has 0 aliphatic heterocycles. The number of rotatable bonds is 3. The first-order valence-corrected chi connectivity index (χ1v) is 8.36. The highest BCUT2D eigenvalue weighted by Crippen LogP contribution is 2.33. The summed E-state index contributed by atoms with van der Waals surface area (Å²) in [7, 11) is 0. The Labute approximate surface area is 123 Å². The number of aromatic nitrogens is 1. The van der Waals surface area contributed by atoms with Crippen LogP contribution in [0.5, 0.6) is 0 Å². The number of thiazole rings is 1. The Morgan fingerprint density at radius 1 is 1.21 bits per heavy atom. The second kappa shape index (κ2) is 6.10. The van der Waals surface area contributed by atoms with Crippen molar-refractivity contribution < 1.29 is 0 Å². The van der Waals surface area contributed by atoms with Crippen LogP contribution in [0.2, 0.25) is 5.02 Å². The second-order valence-electron chi connectivity index (χ2n) is 5.36. The van der Waals surface area contributed by atoms with E-state index in [0.29, 0.717) is 0 Å². The Balaban J connectivity index is 1.73. The van der Waals surface area contributed by atoms with Gasteiger partial charge in [0, 0.05) is 6.54 Å². The lowest BCUT2D eigenvalue weighted by Gasteiger charge is -2.16. The zero-order chi connectivity index (χ0) is 13.1.